The number of nitrogens with one attached hydrogen (secondary N) is 1. The third-order valence-corrected chi connectivity index (χ3v) is 7.40. The minimum absolute atomic E-state index is 0.313. The quantitative estimate of drug-likeness (QED) is 0.251. The van der Waals surface area contributed by atoms with Gasteiger partial charge in [0.15, 0.2) is 5.76 Å². The smallest absolute Gasteiger partial charge is 0.257 e. The summed E-state index contributed by atoms with van der Waals surface area (Å²) in [7, 11) is 0. The fourth-order valence-corrected chi connectivity index (χ4v) is 5.56. The van der Waals surface area contributed by atoms with Crippen molar-refractivity contribution in [2.24, 2.45) is 5.73 Å². The number of para-hydroxylation sites is 1. The first-order valence-corrected chi connectivity index (χ1v) is 12.9. The molecule has 0 fully saturated rings. The van der Waals surface area contributed by atoms with E-state index in [0.717, 1.165) is 21.8 Å². The molecule has 7 heteroatoms. The number of thiophene rings is 1. The number of nitrogens with zero attached hydrogens (tertiary/aromatic N) is 1. The van der Waals surface area contributed by atoms with Crippen molar-refractivity contribution in [3.8, 4) is 22.6 Å². The molecule has 0 saturated carbocycles. The number of aromatic nitrogens is 1. The van der Waals surface area contributed by atoms with Gasteiger partial charge in [-0.1, -0.05) is 56.3 Å². The molecule has 2 aromatic carbocycles. The van der Waals surface area contributed by atoms with Crippen LogP contribution in [-0.4, -0.2) is 16.8 Å². The predicted molar refractivity (Wildman–Crippen MR) is 149 cm³/mol. The summed E-state index contributed by atoms with van der Waals surface area (Å²) in [5, 5.41) is 4.09. The first-order valence-electron chi connectivity index (χ1n) is 12.0. The standard InChI is InChI=1S/C30H27N3O3S/c1-16(2)19-10-12-20(13-11-19)26-18(4)37-30(27(26)28(31)34)33-29(35)22-15-24(25-14-9-17(3)36-25)32-23-8-6-5-7-21(22)23/h5-16H,1-4H3,(H2,31,34)(H,33,35). The van der Waals surface area contributed by atoms with Gasteiger partial charge in [0.1, 0.15) is 16.5 Å². The second-order valence-corrected chi connectivity index (χ2v) is 10.5. The molecule has 3 aromatic heterocycles. The molecule has 0 saturated heterocycles. The van der Waals surface area contributed by atoms with E-state index in [-0.39, 0.29) is 5.91 Å². The number of primary amides is 1. The van der Waals surface area contributed by atoms with Crippen molar-refractivity contribution in [2.75, 3.05) is 5.32 Å². The first kappa shape index (κ1) is 24.5. The van der Waals surface area contributed by atoms with E-state index in [9.17, 15) is 9.59 Å². The number of hydrogen-bond donors (Lipinski definition) is 2. The van der Waals surface area contributed by atoms with Gasteiger partial charge in [-0.15, -0.1) is 11.3 Å². The molecule has 0 radical (unpaired) electrons. The van der Waals surface area contributed by atoms with Gasteiger partial charge in [-0.2, -0.15) is 0 Å². The Morgan fingerprint density at radius 3 is 2.38 bits per heavy atom. The number of nitrogens with two attached hydrogens (primary N) is 1. The highest BCUT2D eigenvalue weighted by molar-refractivity contribution is 7.17. The predicted octanol–water partition coefficient (Wildman–Crippen LogP) is 7.31. The molecule has 0 aliphatic rings. The lowest BCUT2D eigenvalue weighted by Crippen LogP contribution is -2.18. The summed E-state index contributed by atoms with van der Waals surface area (Å²) >= 11 is 1.34. The first-order chi connectivity index (χ1) is 17.7. The number of benzene rings is 2. The van der Waals surface area contributed by atoms with Crippen molar-refractivity contribution in [3.63, 3.8) is 0 Å². The van der Waals surface area contributed by atoms with Crippen molar-refractivity contribution in [1.82, 2.24) is 4.98 Å². The summed E-state index contributed by atoms with van der Waals surface area (Å²) in [5.74, 6) is 0.787. The second-order valence-electron chi connectivity index (χ2n) is 9.31. The Hall–Kier alpha value is -4.23. The number of rotatable bonds is 6. The largest absolute Gasteiger partial charge is 0.460 e. The van der Waals surface area contributed by atoms with Crippen LogP contribution in [0.1, 0.15) is 56.7 Å². The maximum Gasteiger partial charge on any atom is 0.257 e. The van der Waals surface area contributed by atoms with Gasteiger partial charge in [0.05, 0.1) is 16.6 Å². The maximum absolute atomic E-state index is 13.7. The van der Waals surface area contributed by atoms with Gasteiger partial charge < -0.3 is 15.5 Å². The fourth-order valence-electron chi connectivity index (χ4n) is 4.48. The molecular weight excluding hydrogens is 482 g/mol. The van der Waals surface area contributed by atoms with Crippen LogP contribution >= 0.6 is 11.3 Å². The van der Waals surface area contributed by atoms with Crippen LogP contribution in [-0.2, 0) is 0 Å². The topological polar surface area (TPSA) is 98.2 Å². The van der Waals surface area contributed by atoms with E-state index >= 15 is 0 Å². The normalized spacial score (nSPS) is 11.3. The molecule has 0 bridgehead atoms. The van der Waals surface area contributed by atoms with Gasteiger partial charge in [-0.3, -0.25) is 9.59 Å². The van der Waals surface area contributed by atoms with Crippen molar-refractivity contribution >= 4 is 39.1 Å². The van der Waals surface area contributed by atoms with E-state index in [2.05, 4.69) is 36.3 Å². The van der Waals surface area contributed by atoms with Crippen LogP contribution in [0.5, 0.6) is 0 Å². The molecular formula is C30H27N3O3S. The number of fused-ring (bicyclic) bond motifs is 1. The number of carbonyl (C=O) groups excluding carboxylic acids is 2. The molecule has 0 aliphatic carbocycles. The molecule has 186 valence electrons. The number of carbonyl (C=O) groups is 2. The second kappa shape index (κ2) is 9.67. The number of hydrogen-bond acceptors (Lipinski definition) is 5. The summed E-state index contributed by atoms with van der Waals surface area (Å²) in [6, 6.07) is 21.0. The Morgan fingerprint density at radius 2 is 1.73 bits per heavy atom. The number of amides is 2. The molecule has 0 unspecified atom stereocenters. The van der Waals surface area contributed by atoms with Crippen LogP contribution in [0, 0.1) is 13.8 Å². The number of furan rings is 1. The molecule has 0 aliphatic heterocycles. The number of pyridine rings is 1. The van der Waals surface area contributed by atoms with E-state index in [1.165, 1.54) is 16.9 Å². The van der Waals surface area contributed by atoms with Gasteiger partial charge >= 0.3 is 0 Å². The van der Waals surface area contributed by atoms with E-state index < -0.39 is 5.91 Å². The molecule has 5 rings (SSSR count). The molecule has 3 heterocycles. The van der Waals surface area contributed by atoms with Gasteiger partial charge in [-0.25, -0.2) is 4.98 Å². The zero-order valence-electron chi connectivity index (χ0n) is 21.1. The average molecular weight is 510 g/mol. The number of aryl methyl sites for hydroxylation is 2. The SMILES string of the molecule is Cc1ccc(-c2cc(C(=O)Nc3sc(C)c(-c4ccc(C(C)C)cc4)c3C(N)=O)c3ccccc3n2)o1. The summed E-state index contributed by atoms with van der Waals surface area (Å²) in [5.41, 5.74) is 10.7. The Kier molecular flexibility index (Phi) is 6.39. The van der Waals surface area contributed by atoms with Crippen LogP contribution in [0.15, 0.2) is 71.1 Å². The zero-order chi connectivity index (χ0) is 26.3. The lowest BCUT2D eigenvalue weighted by atomic mass is 9.96. The highest BCUT2D eigenvalue weighted by atomic mass is 32.1. The van der Waals surface area contributed by atoms with E-state index in [1.54, 1.807) is 6.07 Å². The van der Waals surface area contributed by atoms with Gasteiger partial charge in [0.25, 0.3) is 11.8 Å². The highest BCUT2D eigenvalue weighted by Gasteiger charge is 2.24. The summed E-state index contributed by atoms with van der Waals surface area (Å²) < 4.78 is 5.76. The maximum atomic E-state index is 13.7. The minimum Gasteiger partial charge on any atom is -0.460 e. The van der Waals surface area contributed by atoms with Crippen molar-refractivity contribution in [1.29, 1.82) is 0 Å². The third-order valence-electron chi connectivity index (χ3n) is 6.38. The molecule has 37 heavy (non-hydrogen) atoms. The van der Waals surface area contributed by atoms with Crippen molar-refractivity contribution < 1.29 is 14.0 Å². The fraction of sp³-hybridized carbons (Fsp3) is 0.167. The van der Waals surface area contributed by atoms with Crippen molar-refractivity contribution in [2.45, 2.75) is 33.6 Å². The van der Waals surface area contributed by atoms with Crippen LogP contribution in [0.2, 0.25) is 0 Å². The van der Waals surface area contributed by atoms with Crippen molar-refractivity contribution in [3.05, 3.63) is 94.1 Å². The summed E-state index contributed by atoms with van der Waals surface area (Å²) in [6.07, 6.45) is 0. The molecule has 3 N–H and O–H groups in total. The lowest BCUT2D eigenvalue weighted by Gasteiger charge is -2.11. The van der Waals surface area contributed by atoms with Crippen LogP contribution in [0.3, 0.4) is 0 Å². The van der Waals surface area contributed by atoms with E-state index in [0.29, 0.717) is 44.4 Å². The zero-order valence-corrected chi connectivity index (χ0v) is 21.9. The summed E-state index contributed by atoms with van der Waals surface area (Å²) in [4.78, 5) is 31.9. The molecule has 2 amide bonds. The van der Waals surface area contributed by atoms with Crippen LogP contribution in [0.25, 0.3) is 33.5 Å². The van der Waals surface area contributed by atoms with Gasteiger partial charge in [0, 0.05) is 15.8 Å². The molecule has 0 spiro atoms. The van der Waals surface area contributed by atoms with E-state index in [4.69, 9.17) is 10.2 Å². The van der Waals surface area contributed by atoms with Gasteiger partial charge in [-0.05, 0) is 55.2 Å². The number of anilines is 1. The van der Waals surface area contributed by atoms with E-state index in [1.807, 2.05) is 62.4 Å². The lowest BCUT2D eigenvalue weighted by molar-refractivity contribution is 0.100. The van der Waals surface area contributed by atoms with Gasteiger partial charge in [0.2, 0.25) is 0 Å². The Morgan fingerprint density at radius 1 is 1.00 bits per heavy atom. The third kappa shape index (κ3) is 4.66. The molecule has 0 atom stereocenters. The summed E-state index contributed by atoms with van der Waals surface area (Å²) in [6.45, 7) is 8.05. The highest BCUT2D eigenvalue weighted by Crippen LogP contribution is 2.40. The Labute approximate surface area is 219 Å². The van der Waals surface area contributed by atoms with Crippen LogP contribution < -0.4 is 11.1 Å². The minimum atomic E-state index is -0.589. The monoisotopic (exact) mass is 509 g/mol. The Bertz CT molecular complexity index is 1640. The van der Waals surface area contributed by atoms with Crippen LogP contribution in [0.4, 0.5) is 5.00 Å². The molecule has 5 aromatic rings. The Balaban J connectivity index is 1.57. The molecule has 6 nitrogen and oxygen atoms in total. The average Bonchev–Trinajstić information content (AvgIpc) is 3.46.